The molecule has 1 aromatic heterocycles. The molecule has 1 aliphatic rings. The van der Waals surface area contributed by atoms with Gasteiger partial charge in [-0.25, -0.2) is 4.98 Å². The molecule has 0 bridgehead atoms. The number of para-hydroxylation sites is 2. The molecular weight excluding hydrogens is 258 g/mol. The second-order valence-corrected chi connectivity index (χ2v) is 6.57. The van der Waals surface area contributed by atoms with E-state index in [9.17, 15) is 0 Å². The average molecular weight is 285 g/mol. The van der Waals surface area contributed by atoms with Crippen molar-refractivity contribution >= 4 is 11.0 Å². The predicted molar refractivity (Wildman–Crippen MR) is 88.3 cm³/mol. The summed E-state index contributed by atoms with van der Waals surface area (Å²) in [6, 6.07) is 9.00. The van der Waals surface area contributed by atoms with Gasteiger partial charge in [0.1, 0.15) is 0 Å². The molecule has 3 rings (SSSR count). The molecule has 1 aliphatic carbocycles. The van der Waals surface area contributed by atoms with Crippen LogP contribution < -0.4 is 5.32 Å². The summed E-state index contributed by atoms with van der Waals surface area (Å²) >= 11 is 0. The van der Waals surface area contributed by atoms with E-state index >= 15 is 0 Å². The lowest BCUT2D eigenvalue weighted by atomic mass is 9.79. The fraction of sp³-hybridized carbons (Fsp3) is 0.611. The van der Waals surface area contributed by atoms with Gasteiger partial charge >= 0.3 is 0 Å². The molecule has 1 atom stereocenters. The van der Waals surface area contributed by atoms with Crippen LogP contribution in [0.1, 0.15) is 39.5 Å². The van der Waals surface area contributed by atoms with E-state index in [0.717, 1.165) is 30.4 Å². The Hall–Kier alpha value is -1.35. The van der Waals surface area contributed by atoms with E-state index in [-0.39, 0.29) is 0 Å². The first-order valence-electron chi connectivity index (χ1n) is 8.41. The molecule has 1 heterocycles. The SMILES string of the molecule is CCNC(Cn1cnc2ccccc21)C1CCC(C)CC1. The molecule has 0 saturated heterocycles. The number of rotatable bonds is 5. The van der Waals surface area contributed by atoms with Crippen molar-refractivity contribution < 1.29 is 0 Å². The predicted octanol–water partition coefficient (Wildman–Crippen LogP) is 3.84. The summed E-state index contributed by atoms with van der Waals surface area (Å²) in [4.78, 5) is 4.52. The fourth-order valence-electron chi connectivity index (χ4n) is 3.70. The van der Waals surface area contributed by atoms with Gasteiger partial charge in [0, 0.05) is 12.6 Å². The Labute approximate surface area is 127 Å². The van der Waals surface area contributed by atoms with Crippen molar-refractivity contribution in [1.82, 2.24) is 14.9 Å². The van der Waals surface area contributed by atoms with E-state index in [1.165, 1.54) is 31.2 Å². The molecule has 0 amide bonds. The zero-order valence-corrected chi connectivity index (χ0v) is 13.3. The molecule has 3 nitrogen and oxygen atoms in total. The normalized spacial score (nSPS) is 24.3. The number of hydrogen-bond acceptors (Lipinski definition) is 2. The van der Waals surface area contributed by atoms with Crippen LogP contribution in [0.3, 0.4) is 0 Å². The quantitative estimate of drug-likeness (QED) is 0.904. The summed E-state index contributed by atoms with van der Waals surface area (Å²) in [5, 5.41) is 3.72. The number of aromatic nitrogens is 2. The van der Waals surface area contributed by atoms with Gasteiger partial charge in [0.25, 0.3) is 0 Å². The van der Waals surface area contributed by atoms with Crippen LogP contribution in [0.25, 0.3) is 11.0 Å². The Kier molecular flexibility index (Phi) is 4.59. The van der Waals surface area contributed by atoms with Gasteiger partial charge in [0.15, 0.2) is 0 Å². The third-order valence-corrected chi connectivity index (χ3v) is 5.02. The number of likely N-dealkylation sites (N-methyl/N-ethyl adjacent to an activating group) is 1. The highest BCUT2D eigenvalue weighted by Gasteiger charge is 2.26. The van der Waals surface area contributed by atoms with Crippen molar-refractivity contribution in [3.8, 4) is 0 Å². The zero-order valence-electron chi connectivity index (χ0n) is 13.3. The van der Waals surface area contributed by atoms with Gasteiger partial charge in [-0.2, -0.15) is 0 Å². The lowest BCUT2D eigenvalue weighted by Crippen LogP contribution is -2.41. The van der Waals surface area contributed by atoms with E-state index in [1.807, 2.05) is 6.33 Å². The first-order chi connectivity index (χ1) is 10.3. The summed E-state index contributed by atoms with van der Waals surface area (Å²) in [6.07, 6.45) is 7.51. The first-order valence-corrected chi connectivity index (χ1v) is 8.41. The molecule has 2 aromatic rings. The summed E-state index contributed by atoms with van der Waals surface area (Å²) in [5.74, 6) is 1.72. The van der Waals surface area contributed by atoms with Crippen molar-refractivity contribution in [2.24, 2.45) is 11.8 Å². The lowest BCUT2D eigenvalue weighted by Gasteiger charge is -2.33. The van der Waals surface area contributed by atoms with Gasteiger partial charge in [-0.15, -0.1) is 0 Å². The monoisotopic (exact) mass is 285 g/mol. The van der Waals surface area contributed by atoms with Crippen LogP contribution in [0.5, 0.6) is 0 Å². The van der Waals surface area contributed by atoms with Gasteiger partial charge in [-0.3, -0.25) is 0 Å². The van der Waals surface area contributed by atoms with E-state index in [1.54, 1.807) is 0 Å². The van der Waals surface area contributed by atoms with Crippen molar-refractivity contribution in [2.45, 2.75) is 52.1 Å². The van der Waals surface area contributed by atoms with Gasteiger partial charge in [0.05, 0.1) is 17.4 Å². The Morgan fingerprint density at radius 3 is 2.76 bits per heavy atom. The number of fused-ring (bicyclic) bond motifs is 1. The Balaban J connectivity index is 1.75. The third-order valence-electron chi connectivity index (χ3n) is 5.02. The molecule has 21 heavy (non-hydrogen) atoms. The number of hydrogen-bond donors (Lipinski definition) is 1. The molecule has 1 aromatic carbocycles. The molecule has 1 fully saturated rings. The molecule has 1 N–H and O–H groups in total. The van der Waals surface area contributed by atoms with E-state index < -0.39 is 0 Å². The van der Waals surface area contributed by atoms with Crippen molar-refractivity contribution in [2.75, 3.05) is 6.54 Å². The molecule has 1 unspecified atom stereocenters. The maximum absolute atomic E-state index is 4.52. The van der Waals surface area contributed by atoms with Crippen LogP contribution in [-0.2, 0) is 6.54 Å². The van der Waals surface area contributed by atoms with Gasteiger partial charge < -0.3 is 9.88 Å². The summed E-state index contributed by atoms with van der Waals surface area (Å²) in [5.41, 5.74) is 2.36. The molecule has 0 radical (unpaired) electrons. The number of nitrogens with zero attached hydrogens (tertiary/aromatic N) is 2. The number of nitrogens with one attached hydrogen (secondary N) is 1. The van der Waals surface area contributed by atoms with Gasteiger partial charge in [-0.1, -0.05) is 38.8 Å². The fourth-order valence-corrected chi connectivity index (χ4v) is 3.70. The molecule has 1 saturated carbocycles. The lowest BCUT2D eigenvalue weighted by molar-refractivity contribution is 0.218. The highest BCUT2D eigenvalue weighted by molar-refractivity contribution is 5.74. The smallest absolute Gasteiger partial charge is 0.0958 e. The molecule has 0 aliphatic heterocycles. The summed E-state index contributed by atoms with van der Waals surface area (Å²) in [7, 11) is 0. The average Bonchev–Trinajstić information content (AvgIpc) is 2.91. The highest BCUT2D eigenvalue weighted by Crippen LogP contribution is 2.31. The molecule has 0 spiro atoms. The van der Waals surface area contributed by atoms with Crippen LogP contribution in [0.4, 0.5) is 0 Å². The summed E-state index contributed by atoms with van der Waals surface area (Å²) in [6.45, 7) is 6.68. The standard InChI is InChI=1S/C18H27N3/c1-3-19-17(15-10-8-14(2)9-11-15)12-21-13-20-16-6-4-5-7-18(16)21/h4-7,13-15,17,19H,3,8-12H2,1-2H3. The minimum atomic E-state index is 0.570. The molecule has 3 heteroatoms. The van der Waals surface area contributed by atoms with Crippen molar-refractivity contribution in [3.05, 3.63) is 30.6 Å². The summed E-state index contributed by atoms with van der Waals surface area (Å²) < 4.78 is 2.32. The van der Waals surface area contributed by atoms with Gasteiger partial charge in [-0.05, 0) is 43.4 Å². The van der Waals surface area contributed by atoms with Gasteiger partial charge in [0.2, 0.25) is 0 Å². The maximum atomic E-state index is 4.52. The second kappa shape index (κ2) is 6.61. The first kappa shape index (κ1) is 14.6. The topological polar surface area (TPSA) is 29.9 Å². The van der Waals surface area contributed by atoms with Crippen LogP contribution >= 0.6 is 0 Å². The highest BCUT2D eigenvalue weighted by atomic mass is 15.1. The largest absolute Gasteiger partial charge is 0.329 e. The second-order valence-electron chi connectivity index (χ2n) is 6.57. The van der Waals surface area contributed by atoms with E-state index in [4.69, 9.17) is 0 Å². The number of imidazole rings is 1. The molecular formula is C18H27N3. The molecule has 114 valence electrons. The Bertz CT molecular complexity index is 567. The van der Waals surface area contributed by atoms with Crippen LogP contribution in [0.2, 0.25) is 0 Å². The minimum absolute atomic E-state index is 0.570. The zero-order chi connectivity index (χ0) is 14.7. The van der Waals surface area contributed by atoms with E-state index in [2.05, 4.69) is 53.0 Å². The van der Waals surface area contributed by atoms with Crippen molar-refractivity contribution in [3.63, 3.8) is 0 Å². The minimum Gasteiger partial charge on any atom is -0.329 e. The van der Waals surface area contributed by atoms with Crippen LogP contribution in [-0.4, -0.2) is 22.1 Å². The number of benzene rings is 1. The van der Waals surface area contributed by atoms with Crippen LogP contribution in [0, 0.1) is 11.8 Å². The van der Waals surface area contributed by atoms with Crippen molar-refractivity contribution in [1.29, 1.82) is 0 Å². The third kappa shape index (κ3) is 3.29. The Morgan fingerprint density at radius 1 is 1.24 bits per heavy atom. The maximum Gasteiger partial charge on any atom is 0.0958 e. The van der Waals surface area contributed by atoms with Crippen LogP contribution in [0.15, 0.2) is 30.6 Å². The Morgan fingerprint density at radius 2 is 2.00 bits per heavy atom. The van der Waals surface area contributed by atoms with E-state index in [0.29, 0.717) is 6.04 Å².